The molecule has 1 saturated heterocycles. The Bertz CT molecular complexity index is 1280. The van der Waals surface area contributed by atoms with Crippen LogP contribution in [0.1, 0.15) is 34.9 Å². The molecule has 0 spiro atoms. The van der Waals surface area contributed by atoms with Gasteiger partial charge in [-0.3, -0.25) is 9.59 Å². The molecule has 3 aromatic carbocycles. The van der Waals surface area contributed by atoms with E-state index in [0.29, 0.717) is 12.8 Å². The van der Waals surface area contributed by atoms with Gasteiger partial charge in [0.05, 0.1) is 12.0 Å². The van der Waals surface area contributed by atoms with Crippen LogP contribution in [-0.4, -0.2) is 11.9 Å². The summed E-state index contributed by atoms with van der Waals surface area (Å²) in [7, 11) is 0. The van der Waals surface area contributed by atoms with Crippen LogP contribution < -0.4 is 4.90 Å². The van der Waals surface area contributed by atoms with Gasteiger partial charge in [-0.25, -0.2) is 0 Å². The van der Waals surface area contributed by atoms with Crippen molar-refractivity contribution in [1.82, 2.24) is 0 Å². The third-order valence-electron chi connectivity index (χ3n) is 6.30. The van der Waals surface area contributed by atoms with E-state index in [-0.39, 0.29) is 24.5 Å². The van der Waals surface area contributed by atoms with Gasteiger partial charge in [0, 0.05) is 17.0 Å². The number of rotatable bonds is 5. The summed E-state index contributed by atoms with van der Waals surface area (Å²) in [4.78, 5) is 29.2. The molecule has 1 aliphatic heterocycles. The van der Waals surface area contributed by atoms with Crippen molar-refractivity contribution in [3.05, 3.63) is 100 Å². The number of anilines is 1. The fourth-order valence-electron chi connectivity index (χ4n) is 4.61. The first-order chi connectivity index (χ1) is 16.1. The molecule has 1 aliphatic rings. The zero-order valence-corrected chi connectivity index (χ0v) is 19.3. The molecule has 0 radical (unpaired) electrons. The summed E-state index contributed by atoms with van der Waals surface area (Å²) in [6.07, 6.45) is 0.807. The number of carbonyl (C=O) groups excluding carboxylic acids is 2. The van der Waals surface area contributed by atoms with Gasteiger partial charge in [-0.2, -0.15) is 0 Å². The van der Waals surface area contributed by atoms with Gasteiger partial charge in [-0.05, 0) is 53.3 Å². The molecule has 166 valence electrons. The van der Waals surface area contributed by atoms with Gasteiger partial charge < -0.3 is 9.64 Å². The van der Waals surface area contributed by atoms with Gasteiger partial charge in [0.15, 0.2) is 0 Å². The van der Waals surface area contributed by atoms with Gasteiger partial charge >= 0.3 is 5.97 Å². The van der Waals surface area contributed by atoms with Crippen molar-refractivity contribution in [1.29, 1.82) is 0 Å². The number of hydrogen-bond donors (Lipinski definition) is 0. The summed E-state index contributed by atoms with van der Waals surface area (Å²) in [5.41, 5.74) is 2.92. The van der Waals surface area contributed by atoms with Crippen LogP contribution in [0.5, 0.6) is 0 Å². The Hall–Kier alpha value is -3.44. The van der Waals surface area contributed by atoms with Crippen molar-refractivity contribution in [3.63, 3.8) is 0 Å². The molecule has 2 atom stereocenters. The number of hydrogen-bond acceptors (Lipinski definition) is 4. The summed E-state index contributed by atoms with van der Waals surface area (Å²) in [6, 6.07) is 25.6. The van der Waals surface area contributed by atoms with Crippen LogP contribution in [0.4, 0.5) is 5.69 Å². The minimum Gasteiger partial charge on any atom is -0.461 e. The van der Waals surface area contributed by atoms with E-state index in [1.54, 1.807) is 16.2 Å². The van der Waals surface area contributed by atoms with Gasteiger partial charge in [0.2, 0.25) is 5.91 Å². The highest BCUT2D eigenvalue weighted by Crippen LogP contribution is 2.42. The maximum atomic E-state index is 13.4. The maximum Gasteiger partial charge on any atom is 0.311 e. The van der Waals surface area contributed by atoms with E-state index in [9.17, 15) is 9.59 Å². The number of aryl methyl sites for hydroxylation is 1. The fourth-order valence-corrected chi connectivity index (χ4v) is 5.49. The number of amides is 1. The van der Waals surface area contributed by atoms with Crippen LogP contribution in [0.2, 0.25) is 0 Å². The monoisotopic (exact) mass is 455 g/mol. The Morgan fingerprint density at radius 1 is 1.00 bits per heavy atom. The van der Waals surface area contributed by atoms with Crippen LogP contribution >= 0.6 is 11.3 Å². The van der Waals surface area contributed by atoms with E-state index in [0.717, 1.165) is 32.5 Å². The van der Waals surface area contributed by atoms with E-state index < -0.39 is 5.92 Å². The predicted molar refractivity (Wildman–Crippen MR) is 132 cm³/mol. The van der Waals surface area contributed by atoms with Crippen LogP contribution in [-0.2, 0) is 20.9 Å². The van der Waals surface area contributed by atoms with Crippen LogP contribution in [0.15, 0.2) is 84.2 Å². The molecule has 0 N–H and O–H groups in total. The predicted octanol–water partition coefficient (Wildman–Crippen LogP) is 6.44. The largest absolute Gasteiger partial charge is 0.461 e. The van der Waals surface area contributed by atoms with E-state index in [2.05, 4.69) is 12.1 Å². The number of esters is 1. The molecule has 0 saturated carbocycles. The summed E-state index contributed by atoms with van der Waals surface area (Å²) in [5, 5.41) is 4.19. The molecule has 1 aromatic heterocycles. The normalized spacial score (nSPS) is 18.5. The van der Waals surface area contributed by atoms with E-state index in [1.807, 2.05) is 79.0 Å². The lowest BCUT2D eigenvalue weighted by Gasteiger charge is -2.39. The highest BCUT2D eigenvalue weighted by molar-refractivity contribution is 7.10. The average Bonchev–Trinajstić information content (AvgIpc) is 3.38. The fraction of sp³-hybridized carbons (Fsp3) is 0.214. The Kier molecular flexibility index (Phi) is 5.97. The molecule has 0 aliphatic carbocycles. The van der Waals surface area contributed by atoms with Gasteiger partial charge in [0.25, 0.3) is 0 Å². The van der Waals surface area contributed by atoms with E-state index in [4.69, 9.17) is 4.74 Å². The van der Waals surface area contributed by atoms with Gasteiger partial charge in [0.1, 0.15) is 6.61 Å². The Balaban J connectivity index is 1.43. The number of benzene rings is 3. The first kappa shape index (κ1) is 21.4. The summed E-state index contributed by atoms with van der Waals surface area (Å²) in [5.74, 6) is -0.640. The molecule has 0 bridgehead atoms. The second-order valence-electron chi connectivity index (χ2n) is 8.45. The number of ether oxygens (including phenoxy) is 1. The number of piperidine rings is 1. The highest BCUT2D eigenvalue weighted by Gasteiger charge is 2.42. The SMILES string of the molecule is Cc1ccc(N2C(=O)CCC(C(=O)OCc3cccc4ccccc34)C2c2cccs2)cc1. The van der Waals surface area contributed by atoms with Crippen molar-refractivity contribution in [2.24, 2.45) is 5.92 Å². The van der Waals surface area contributed by atoms with Gasteiger partial charge in [-0.15, -0.1) is 11.3 Å². The summed E-state index contributed by atoms with van der Waals surface area (Å²) in [6.45, 7) is 2.23. The quantitative estimate of drug-likeness (QED) is 0.326. The lowest BCUT2D eigenvalue weighted by molar-refractivity contribution is -0.152. The third kappa shape index (κ3) is 4.29. The zero-order valence-electron chi connectivity index (χ0n) is 18.4. The molecule has 33 heavy (non-hydrogen) atoms. The van der Waals surface area contributed by atoms with Crippen molar-refractivity contribution < 1.29 is 14.3 Å². The maximum absolute atomic E-state index is 13.4. The summed E-state index contributed by atoms with van der Waals surface area (Å²) >= 11 is 1.57. The van der Waals surface area contributed by atoms with E-state index >= 15 is 0 Å². The molecule has 1 fully saturated rings. The van der Waals surface area contributed by atoms with Crippen LogP contribution in [0, 0.1) is 12.8 Å². The topological polar surface area (TPSA) is 46.6 Å². The molecular weight excluding hydrogens is 430 g/mol. The molecular formula is C28H25NO3S. The average molecular weight is 456 g/mol. The number of thiophene rings is 1. The highest BCUT2D eigenvalue weighted by atomic mass is 32.1. The molecule has 2 heterocycles. The molecule has 5 rings (SSSR count). The van der Waals surface area contributed by atoms with E-state index in [1.165, 1.54) is 0 Å². The first-order valence-electron chi connectivity index (χ1n) is 11.2. The van der Waals surface area contributed by atoms with Crippen LogP contribution in [0.25, 0.3) is 10.8 Å². The third-order valence-corrected chi connectivity index (χ3v) is 7.24. The summed E-state index contributed by atoms with van der Waals surface area (Å²) < 4.78 is 5.87. The Morgan fingerprint density at radius 2 is 1.79 bits per heavy atom. The molecule has 5 heteroatoms. The second-order valence-corrected chi connectivity index (χ2v) is 9.43. The molecule has 1 amide bonds. The molecule has 2 unspecified atom stereocenters. The molecule has 4 aromatic rings. The molecule has 4 nitrogen and oxygen atoms in total. The standard InChI is InChI=1S/C28H25NO3S/c1-19-11-13-22(14-12-19)29-26(30)16-15-24(27(29)25-10-5-17-33-25)28(31)32-18-21-8-4-7-20-6-2-3-9-23(20)21/h2-14,17,24,27H,15-16,18H2,1H3. The number of nitrogens with zero attached hydrogens (tertiary/aromatic N) is 1. The first-order valence-corrected chi connectivity index (χ1v) is 12.1. The smallest absolute Gasteiger partial charge is 0.311 e. The Morgan fingerprint density at radius 3 is 2.58 bits per heavy atom. The van der Waals surface area contributed by atoms with Crippen molar-refractivity contribution in [3.8, 4) is 0 Å². The van der Waals surface area contributed by atoms with Crippen LogP contribution in [0.3, 0.4) is 0 Å². The van der Waals surface area contributed by atoms with Crippen molar-refractivity contribution >= 4 is 39.7 Å². The number of carbonyl (C=O) groups is 2. The van der Waals surface area contributed by atoms with Gasteiger partial charge in [-0.1, -0.05) is 66.2 Å². The minimum atomic E-state index is -0.419. The lowest BCUT2D eigenvalue weighted by Crippen LogP contribution is -2.45. The lowest BCUT2D eigenvalue weighted by atomic mass is 9.87. The van der Waals surface area contributed by atoms with Crippen molar-refractivity contribution in [2.45, 2.75) is 32.4 Å². The van der Waals surface area contributed by atoms with Crippen molar-refractivity contribution in [2.75, 3.05) is 4.90 Å². The number of fused-ring (bicyclic) bond motifs is 1. The zero-order chi connectivity index (χ0) is 22.8. The minimum absolute atomic E-state index is 0.0374. The second kappa shape index (κ2) is 9.20. The Labute approximate surface area is 197 Å².